The first-order chi connectivity index (χ1) is 8.20. The second-order valence-electron chi connectivity index (χ2n) is 4.22. The fourth-order valence-corrected chi connectivity index (χ4v) is 2.84. The highest BCUT2D eigenvalue weighted by molar-refractivity contribution is 7.17. The van der Waals surface area contributed by atoms with Gasteiger partial charge in [0.05, 0.1) is 10.6 Å². The van der Waals surface area contributed by atoms with Gasteiger partial charge >= 0.3 is 0 Å². The summed E-state index contributed by atoms with van der Waals surface area (Å²) >= 11 is 1.31. The SMILES string of the molecule is CCCCC(=O)Nc1nc2c(s1)C(=O)CCC2. The zero-order chi connectivity index (χ0) is 12.3. The van der Waals surface area contributed by atoms with Gasteiger partial charge in [0.25, 0.3) is 0 Å². The van der Waals surface area contributed by atoms with Crippen molar-refractivity contribution in [1.29, 1.82) is 0 Å². The van der Waals surface area contributed by atoms with Crippen molar-refractivity contribution in [3.63, 3.8) is 0 Å². The largest absolute Gasteiger partial charge is 0.302 e. The Bertz CT molecular complexity index is 440. The van der Waals surface area contributed by atoms with Crippen molar-refractivity contribution in [1.82, 2.24) is 4.98 Å². The molecule has 2 rings (SSSR count). The van der Waals surface area contributed by atoms with Crippen LogP contribution in [0.4, 0.5) is 5.13 Å². The molecule has 1 aliphatic carbocycles. The highest BCUT2D eigenvalue weighted by Crippen LogP contribution is 2.29. The van der Waals surface area contributed by atoms with Gasteiger partial charge in [-0.15, -0.1) is 0 Å². The van der Waals surface area contributed by atoms with Crippen LogP contribution in [0.5, 0.6) is 0 Å². The van der Waals surface area contributed by atoms with E-state index in [4.69, 9.17) is 0 Å². The normalized spacial score (nSPS) is 14.5. The molecule has 1 amide bonds. The highest BCUT2D eigenvalue weighted by Gasteiger charge is 2.22. The predicted molar refractivity (Wildman–Crippen MR) is 67.5 cm³/mol. The molecule has 17 heavy (non-hydrogen) atoms. The Morgan fingerprint density at radius 2 is 2.29 bits per heavy atom. The van der Waals surface area contributed by atoms with E-state index in [0.717, 1.165) is 36.3 Å². The lowest BCUT2D eigenvalue weighted by atomic mass is 10.0. The first kappa shape index (κ1) is 12.2. The molecule has 1 aromatic heterocycles. The zero-order valence-corrected chi connectivity index (χ0v) is 10.7. The third-order valence-electron chi connectivity index (χ3n) is 2.77. The molecular formula is C12H16N2O2S. The number of carbonyl (C=O) groups is 2. The maximum absolute atomic E-state index is 11.6. The average molecular weight is 252 g/mol. The highest BCUT2D eigenvalue weighted by atomic mass is 32.1. The zero-order valence-electron chi connectivity index (χ0n) is 9.91. The molecule has 92 valence electrons. The summed E-state index contributed by atoms with van der Waals surface area (Å²) in [5.74, 6) is 0.156. The number of nitrogens with one attached hydrogen (secondary N) is 1. The van der Waals surface area contributed by atoms with Gasteiger partial charge in [-0.1, -0.05) is 24.7 Å². The second kappa shape index (κ2) is 5.40. The average Bonchev–Trinajstić information content (AvgIpc) is 2.70. The number of aromatic nitrogens is 1. The maximum atomic E-state index is 11.6. The number of unbranched alkanes of at least 4 members (excludes halogenated alkanes) is 1. The maximum Gasteiger partial charge on any atom is 0.226 e. The summed E-state index contributed by atoms with van der Waals surface area (Å²) in [4.78, 5) is 28.2. The van der Waals surface area contributed by atoms with Crippen molar-refractivity contribution >= 4 is 28.2 Å². The minimum atomic E-state index is -0.00889. The van der Waals surface area contributed by atoms with E-state index in [0.29, 0.717) is 18.0 Å². The van der Waals surface area contributed by atoms with E-state index < -0.39 is 0 Å². The Morgan fingerprint density at radius 3 is 3.00 bits per heavy atom. The van der Waals surface area contributed by atoms with Crippen LogP contribution in [-0.2, 0) is 11.2 Å². The molecule has 0 fully saturated rings. The topological polar surface area (TPSA) is 59.1 Å². The van der Waals surface area contributed by atoms with Gasteiger partial charge in [-0.05, 0) is 19.3 Å². The van der Waals surface area contributed by atoms with Crippen molar-refractivity contribution in [2.75, 3.05) is 5.32 Å². The fraction of sp³-hybridized carbons (Fsp3) is 0.583. The van der Waals surface area contributed by atoms with Crippen LogP contribution < -0.4 is 5.32 Å². The number of fused-ring (bicyclic) bond motifs is 1. The van der Waals surface area contributed by atoms with Gasteiger partial charge < -0.3 is 5.32 Å². The lowest BCUT2D eigenvalue weighted by Crippen LogP contribution is -2.10. The number of Topliss-reactive ketones (excluding diaryl/α,β-unsaturated/α-hetero) is 1. The third-order valence-corrected chi connectivity index (χ3v) is 3.83. The Kier molecular flexibility index (Phi) is 3.89. The molecule has 4 nitrogen and oxygen atoms in total. The smallest absolute Gasteiger partial charge is 0.226 e. The number of hydrogen-bond acceptors (Lipinski definition) is 4. The summed E-state index contributed by atoms with van der Waals surface area (Å²) in [5, 5.41) is 3.35. The molecule has 0 saturated heterocycles. The van der Waals surface area contributed by atoms with Crippen LogP contribution >= 0.6 is 11.3 Å². The molecule has 0 aliphatic heterocycles. The first-order valence-electron chi connectivity index (χ1n) is 6.03. The van der Waals surface area contributed by atoms with Gasteiger partial charge in [-0.2, -0.15) is 0 Å². The van der Waals surface area contributed by atoms with Gasteiger partial charge in [0.2, 0.25) is 5.91 Å². The standard InChI is InChI=1S/C12H16N2O2S/c1-2-3-7-10(16)14-12-13-8-5-4-6-9(15)11(8)17-12/h2-7H2,1H3,(H,13,14,16). The summed E-state index contributed by atoms with van der Waals surface area (Å²) in [7, 11) is 0. The number of carbonyl (C=O) groups excluding carboxylic acids is 2. The van der Waals surface area contributed by atoms with E-state index >= 15 is 0 Å². The van der Waals surface area contributed by atoms with Gasteiger partial charge in [0.15, 0.2) is 10.9 Å². The molecule has 0 atom stereocenters. The number of amides is 1. The van der Waals surface area contributed by atoms with Crippen LogP contribution in [0.2, 0.25) is 0 Å². The van der Waals surface area contributed by atoms with E-state index in [1.807, 2.05) is 6.92 Å². The molecule has 1 N–H and O–H groups in total. The van der Waals surface area contributed by atoms with Crippen LogP contribution in [0.25, 0.3) is 0 Å². The number of nitrogens with zero attached hydrogens (tertiary/aromatic N) is 1. The Hall–Kier alpha value is -1.23. The molecule has 0 saturated carbocycles. The number of aryl methyl sites for hydroxylation is 1. The molecule has 0 radical (unpaired) electrons. The van der Waals surface area contributed by atoms with E-state index in [-0.39, 0.29) is 11.7 Å². The van der Waals surface area contributed by atoms with Crippen molar-refractivity contribution in [3.8, 4) is 0 Å². The molecule has 1 aromatic rings. The monoisotopic (exact) mass is 252 g/mol. The van der Waals surface area contributed by atoms with E-state index in [2.05, 4.69) is 10.3 Å². The summed E-state index contributed by atoms with van der Waals surface area (Å²) in [6, 6.07) is 0. The molecule has 0 aromatic carbocycles. The summed E-state index contributed by atoms with van der Waals surface area (Å²) in [5.41, 5.74) is 0.858. The van der Waals surface area contributed by atoms with E-state index in [1.54, 1.807) is 0 Å². The minimum Gasteiger partial charge on any atom is -0.302 e. The number of anilines is 1. The van der Waals surface area contributed by atoms with Crippen molar-refractivity contribution in [2.24, 2.45) is 0 Å². The second-order valence-corrected chi connectivity index (χ2v) is 5.22. The predicted octanol–water partition coefficient (Wildman–Crippen LogP) is 2.79. The van der Waals surface area contributed by atoms with Crippen LogP contribution in [0.15, 0.2) is 0 Å². The first-order valence-corrected chi connectivity index (χ1v) is 6.85. The minimum absolute atomic E-state index is 0.00889. The Labute approximate surface area is 104 Å². The molecule has 0 unspecified atom stereocenters. The molecule has 1 aliphatic rings. The molecule has 1 heterocycles. The molecule has 0 spiro atoms. The van der Waals surface area contributed by atoms with Crippen molar-refractivity contribution in [3.05, 3.63) is 10.6 Å². The van der Waals surface area contributed by atoms with Crippen LogP contribution in [0, 0.1) is 0 Å². The van der Waals surface area contributed by atoms with E-state index in [9.17, 15) is 9.59 Å². The van der Waals surface area contributed by atoms with Crippen molar-refractivity contribution in [2.45, 2.75) is 45.4 Å². The third kappa shape index (κ3) is 2.91. The lowest BCUT2D eigenvalue weighted by Gasteiger charge is -2.05. The van der Waals surface area contributed by atoms with Crippen molar-refractivity contribution < 1.29 is 9.59 Å². The van der Waals surface area contributed by atoms with Gasteiger partial charge in [-0.25, -0.2) is 4.98 Å². The quantitative estimate of drug-likeness (QED) is 0.896. The molecule has 0 bridgehead atoms. The number of rotatable bonds is 4. The molecule has 5 heteroatoms. The summed E-state index contributed by atoms with van der Waals surface area (Å²) in [6.45, 7) is 2.05. The van der Waals surface area contributed by atoms with Crippen LogP contribution in [0.3, 0.4) is 0 Å². The summed E-state index contributed by atoms with van der Waals surface area (Å²) < 4.78 is 0. The van der Waals surface area contributed by atoms with E-state index in [1.165, 1.54) is 11.3 Å². The van der Waals surface area contributed by atoms with Crippen LogP contribution in [0.1, 0.15) is 54.4 Å². The van der Waals surface area contributed by atoms with Gasteiger partial charge in [-0.3, -0.25) is 9.59 Å². The van der Waals surface area contributed by atoms with Gasteiger partial charge in [0.1, 0.15) is 0 Å². The number of thiazole rings is 1. The Balaban J connectivity index is 2.03. The lowest BCUT2D eigenvalue weighted by molar-refractivity contribution is -0.116. The number of ketones is 1. The number of hydrogen-bond donors (Lipinski definition) is 1. The Morgan fingerprint density at radius 1 is 1.47 bits per heavy atom. The fourth-order valence-electron chi connectivity index (χ4n) is 1.84. The van der Waals surface area contributed by atoms with Gasteiger partial charge in [0, 0.05) is 12.8 Å². The molecular weight excluding hydrogens is 236 g/mol. The van der Waals surface area contributed by atoms with Crippen LogP contribution in [-0.4, -0.2) is 16.7 Å². The summed E-state index contributed by atoms with van der Waals surface area (Å²) in [6.07, 6.45) is 4.74.